The Bertz CT molecular complexity index is 607. The normalized spacial score (nSPS) is 12.3. The van der Waals surface area contributed by atoms with Gasteiger partial charge >= 0.3 is 0 Å². The third-order valence-electron chi connectivity index (χ3n) is 3.37. The van der Waals surface area contributed by atoms with Gasteiger partial charge in [0.1, 0.15) is 5.75 Å². The lowest BCUT2D eigenvalue weighted by Gasteiger charge is -2.11. The molecule has 2 aromatic carbocycles. The highest BCUT2D eigenvalue weighted by molar-refractivity contribution is 8.13. The van der Waals surface area contributed by atoms with E-state index in [4.69, 9.17) is 4.74 Å². The highest BCUT2D eigenvalue weighted by Crippen LogP contribution is 2.27. The molecule has 1 atom stereocenters. The van der Waals surface area contributed by atoms with Crippen LogP contribution in [0.2, 0.25) is 0 Å². The Kier molecular flexibility index (Phi) is 5.07. The number of carbonyl (C=O) groups excluding carboxylic acids is 1. The van der Waals surface area contributed by atoms with Crippen LogP contribution < -0.4 is 4.74 Å². The second-order valence-electron chi connectivity index (χ2n) is 4.86. The Morgan fingerprint density at radius 3 is 2.60 bits per heavy atom. The molecular formula is C17H20O2S. The van der Waals surface area contributed by atoms with Crippen LogP contribution in [0.5, 0.6) is 5.75 Å². The van der Waals surface area contributed by atoms with Gasteiger partial charge in [0, 0.05) is 5.75 Å². The molecule has 20 heavy (non-hydrogen) atoms. The summed E-state index contributed by atoms with van der Waals surface area (Å²) in [5.41, 5.74) is 1.08. The summed E-state index contributed by atoms with van der Waals surface area (Å²) in [5.74, 6) is 1.69. The van der Waals surface area contributed by atoms with Crippen LogP contribution >= 0.6 is 11.8 Å². The van der Waals surface area contributed by atoms with Gasteiger partial charge in [0.05, 0.1) is 13.0 Å². The van der Waals surface area contributed by atoms with Gasteiger partial charge < -0.3 is 4.74 Å². The molecule has 2 rings (SSSR count). The molecule has 0 saturated heterocycles. The van der Waals surface area contributed by atoms with E-state index in [9.17, 15) is 4.79 Å². The maximum Gasteiger partial charge on any atom is 0.196 e. The van der Waals surface area contributed by atoms with Crippen LogP contribution in [0.15, 0.2) is 36.4 Å². The van der Waals surface area contributed by atoms with Crippen LogP contribution in [0.1, 0.15) is 31.7 Å². The first-order valence-corrected chi connectivity index (χ1v) is 7.88. The van der Waals surface area contributed by atoms with Crippen LogP contribution in [0.4, 0.5) is 0 Å². The number of hydrogen-bond acceptors (Lipinski definition) is 3. The molecule has 0 unspecified atom stereocenters. The van der Waals surface area contributed by atoms with Crippen LogP contribution in [0, 0.1) is 0 Å². The summed E-state index contributed by atoms with van der Waals surface area (Å²) in [6.45, 7) is 4.07. The lowest BCUT2D eigenvalue weighted by molar-refractivity contribution is -0.111. The van der Waals surface area contributed by atoms with Gasteiger partial charge in [-0.3, -0.25) is 4.79 Å². The third-order valence-corrected chi connectivity index (χ3v) is 4.62. The zero-order chi connectivity index (χ0) is 14.5. The van der Waals surface area contributed by atoms with Gasteiger partial charge in [-0.15, -0.1) is 0 Å². The van der Waals surface area contributed by atoms with E-state index in [-0.39, 0.29) is 11.0 Å². The number of fused-ring (bicyclic) bond motifs is 1. The number of carbonyl (C=O) groups is 1. The van der Waals surface area contributed by atoms with E-state index in [1.807, 2.05) is 31.2 Å². The molecule has 0 radical (unpaired) electrons. The fraction of sp³-hybridized carbons (Fsp3) is 0.353. The van der Waals surface area contributed by atoms with Gasteiger partial charge in [-0.25, -0.2) is 0 Å². The predicted octanol–water partition coefficient (Wildman–Crippen LogP) is 4.62. The van der Waals surface area contributed by atoms with Crippen molar-refractivity contribution < 1.29 is 9.53 Å². The van der Waals surface area contributed by atoms with Crippen molar-refractivity contribution in [3.8, 4) is 5.75 Å². The summed E-state index contributed by atoms with van der Waals surface area (Å²) in [4.78, 5) is 12.1. The summed E-state index contributed by atoms with van der Waals surface area (Å²) in [6, 6.07) is 12.2. The summed E-state index contributed by atoms with van der Waals surface area (Å²) in [5, 5.41) is 2.53. The smallest absolute Gasteiger partial charge is 0.196 e. The standard InChI is InChI=1S/C17H20O2S/c1-4-9-20-17(18)12(2)13-5-6-15-11-16(19-3)8-7-14(15)10-13/h5-8,10-12H,4,9H2,1-3H3/t12-/m0/s1. The van der Waals surface area contributed by atoms with Crippen LogP contribution in [0.3, 0.4) is 0 Å². The van der Waals surface area contributed by atoms with Crippen molar-refractivity contribution in [2.24, 2.45) is 0 Å². The minimum atomic E-state index is -0.0574. The van der Waals surface area contributed by atoms with E-state index in [0.29, 0.717) is 0 Å². The maximum absolute atomic E-state index is 12.1. The fourth-order valence-electron chi connectivity index (χ4n) is 2.10. The Hall–Kier alpha value is -1.48. The SMILES string of the molecule is CCCSC(=O)[C@@H](C)c1ccc2cc(OC)ccc2c1. The highest BCUT2D eigenvalue weighted by Gasteiger charge is 2.15. The molecular weight excluding hydrogens is 268 g/mol. The van der Waals surface area contributed by atoms with Crippen molar-refractivity contribution in [2.75, 3.05) is 12.9 Å². The number of benzene rings is 2. The van der Waals surface area contributed by atoms with Crippen molar-refractivity contribution in [3.05, 3.63) is 42.0 Å². The second-order valence-corrected chi connectivity index (χ2v) is 5.96. The van der Waals surface area contributed by atoms with Crippen molar-refractivity contribution in [2.45, 2.75) is 26.2 Å². The lowest BCUT2D eigenvalue weighted by Crippen LogP contribution is -2.05. The minimum Gasteiger partial charge on any atom is -0.497 e. The first-order chi connectivity index (χ1) is 9.65. The molecule has 0 amide bonds. The fourth-order valence-corrected chi connectivity index (χ4v) is 2.89. The Morgan fingerprint density at radius 1 is 1.20 bits per heavy atom. The van der Waals surface area contributed by atoms with E-state index in [2.05, 4.69) is 19.1 Å². The minimum absolute atomic E-state index is 0.0574. The van der Waals surface area contributed by atoms with E-state index >= 15 is 0 Å². The Labute approximate surface area is 124 Å². The number of methoxy groups -OCH3 is 1. The molecule has 0 aliphatic heterocycles. The summed E-state index contributed by atoms with van der Waals surface area (Å²) in [6.07, 6.45) is 1.03. The van der Waals surface area contributed by atoms with Crippen molar-refractivity contribution in [1.29, 1.82) is 0 Å². The average molecular weight is 288 g/mol. The average Bonchev–Trinajstić information content (AvgIpc) is 2.50. The molecule has 0 aromatic heterocycles. The third kappa shape index (κ3) is 3.34. The van der Waals surface area contributed by atoms with Gasteiger partial charge in [-0.1, -0.05) is 49.9 Å². The molecule has 0 spiro atoms. The summed E-state index contributed by atoms with van der Waals surface area (Å²) >= 11 is 1.43. The van der Waals surface area contributed by atoms with Gasteiger partial charge in [0.2, 0.25) is 0 Å². The van der Waals surface area contributed by atoms with Gasteiger partial charge in [-0.2, -0.15) is 0 Å². The number of rotatable bonds is 5. The van der Waals surface area contributed by atoms with Crippen LogP contribution in [-0.2, 0) is 4.79 Å². The zero-order valence-corrected chi connectivity index (χ0v) is 13.0. The van der Waals surface area contributed by atoms with E-state index in [1.165, 1.54) is 11.8 Å². The first kappa shape index (κ1) is 14.9. The molecule has 0 saturated carbocycles. The maximum atomic E-state index is 12.1. The van der Waals surface area contributed by atoms with Crippen LogP contribution in [0.25, 0.3) is 10.8 Å². The number of hydrogen-bond donors (Lipinski definition) is 0. The lowest BCUT2D eigenvalue weighted by atomic mass is 9.99. The number of ether oxygens (including phenoxy) is 1. The Morgan fingerprint density at radius 2 is 1.90 bits per heavy atom. The predicted molar refractivity (Wildman–Crippen MR) is 86.7 cm³/mol. The molecule has 106 valence electrons. The molecule has 3 heteroatoms. The molecule has 0 aliphatic carbocycles. The van der Waals surface area contributed by atoms with Gasteiger partial charge in [0.25, 0.3) is 0 Å². The molecule has 2 aromatic rings. The quantitative estimate of drug-likeness (QED) is 0.803. The highest BCUT2D eigenvalue weighted by atomic mass is 32.2. The first-order valence-electron chi connectivity index (χ1n) is 6.90. The topological polar surface area (TPSA) is 26.3 Å². The Balaban J connectivity index is 2.25. The van der Waals surface area contributed by atoms with Crippen molar-refractivity contribution in [3.63, 3.8) is 0 Å². The second kappa shape index (κ2) is 6.80. The zero-order valence-electron chi connectivity index (χ0n) is 12.2. The van der Waals surface area contributed by atoms with E-state index < -0.39 is 0 Å². The van der Waals surface area contributed by atoms with Crippen LogP contribution in [-0.4, -0.2) is 18.0 Å². The summed E-state index contributed by atoms with van der Waals surface area (Å²) in [7, 11) is 1.67. The van der Waals surface area contributed by atoms with Crippen molar-refractivity contribution >= 4 is 27.6 Å². The monoisotopic (exact) mass is 288 g/mol. The van der Waals surface area contributed by atoms with Crippen molar-refractivity contribution in [1.82, 2.24) is 0 Å². The number of thioether (sulfide) groups is 1. The van der Waals surface area contributed by atoms with E-state index in [1.54, 1.807) is 7.11 Å². The molecule has 0 heterocycles. The largest absolute Gasteiger partial charge is 0.497 e. The van der Waals surface area contributed by atoms with Gasteiger partial charge in [-0.05, 0) is 34.9 Å². The molecule has 2 nitrogen and oxygen atoms in total. The van der Waals surface area contributed by atoms with Gasteiger partial charge in [0.15, 0.2) is 5.12 Å². The summed E-state index contributed by atoms with van der Waals surface area (Å²) < 4.78 is 5.23. The molecule has 0 N–H and O–H groups in total. The van der Waals surface area contributed by atoms with E-state index in [0.717, 1.165) is 34.3 Å². The molecule has 0 aliphatic rings. The molecule has 0 fully saturated rings. The molecule has 0 bridgehead atoms.